The van der Waals surface area contributed by atoms with Crippen LogP contribution in [-0.4, -0.2) is 28.7 Å². The summed E-state index contributed by atoms with van der Waals surface area (Å²) in [6.07, 6.45) is -2.68. The molecule has 0 aliphatic carbocycles. The van der Waals surface area contributed by atoms with Crippen molar-refractivity contribution in [1.82, 2.24) is 14.5 Å². The zero-order valence-electron chi connectivity index (χ0n) is 15.1. The van der Waals surface area contributed by atoms with Gasteiger partial charge in [0.15, 0.2) is 15.7 Å². The van der Waals surface area contributed by atoms with Crippen LogP contribution in [-0.2, 0) is 23.1 Å². The van der Waals surface area contributed by atoms with Crippen LogP contribution in [0.25, 0.3) is 22.8 Å². The van der Waals surface area contributed by atoms with E-state index in [-0.39, 0.29) is 17.3 Å². The number of nitrogens with zero attached hydrogens (tertiary/aromatic N) is 3. The van der Waals surface area contributed by atoms with E-state index in [0.717, 1.165) is 0 Å². The van der Waals surface area contributed by atoms with Crippen LogP contribution in [0, 0.1) is 0 Å². The lowest BCUT2D eigenvalue weighted by Crippen LogP contribution is -2.13. The maximum absolute atomic E-state index is 13.1. The van der Waals surface area contributed by atoms with Gasteiger partial charge in [-0.3, -0.25) is 4.98 Å². The first-order valence-electron chi connectivity index (χ1n) is 8.23. The molecule has 0 aliphatic rings. The van der Waals surface area contributed by atoms with Crippen molar-refractivity contribution in [2.45, 2.75) is 18.0 Å². The van der Waals surface area contributed by atoms with Gasteiger partial charge in [0.2, 0.25) is 0 Å². The minimum Gasteiger partial charge on any atom is -0.326 e. The fourth-order valence-electron chi connectivity index (χ4n) is 2.71. The number of hydrogen-bond acceptors (Lipinski definition) is 4. The molecule has 0 spiro atoms. The van der Waals surface area contributed by atoms with E-state index in [2.05, 4.69) is 9.97 Å². The summed E-state index contributed by atoms with van der Waals surface area (Å²) in [5, 5.41) is 0.673. The van der Waals surface area contributed by atoms with Crippen molar-refractivity contribution >= 4 is 33.0 Å². The van der Waals surface area contributed by atoms with Crippen LogP contribution in [0.3, 0.4) is 0 Å². The molecule has 0 aliphatic heterocycles. The molecule has 2 aromatic heterocycles. The second-order valence-electron chi connectivity index (χ2n) is 6.13. The van der Waals surface area contributed by atoms with Crippen molar-refractivity contribution in [3.63, 3.8) is 0 Å². The fourth-order valence-corrected chi connectivity index (χ4v) is 4.07. The quantitative estimate of drug-likeness (QED) is 0.528. The summed E-state index contributed by atoms with van der Waals surface area (Å²) in [7, 11) is -2.40. The topological polar surface area (TPSA) is 64.8 Å². The molecule has 0 saturated carbocycles. The van der Waals surface area contributed by atoms with Crippen LogP contribution in [0.15, 0.2) is 41.6 Å². The molecular formula is C18H14Cl2F3N3O2S. The van der Waals surface area contributed by atoms with Crippen molar-refractivity contribution in [2.75, 3.05) is 5.75 Å². The van der Waals surface area contributed by atoms with Crippen molar-refractivity contribution < 1.29 is 21.6 Å². The van der Waals surface area contributed by atoms with E-state index in [1.165, 1.54) is 17.7 Å². The normalized spacial score (nSPS) is 12.4. The van der Waals surface area contributed by atoms with Crippen LogP contribution in [0.4, 0.5) is 13.2 Å². The minimum absolute atomic E-state index is 0.104. The summed E-state index contributed by atoms with van der Waals surface area (Å²) >= 11 is 12.0. The summed E-state index contributed by atoms with van der Waals surface area (Å²) in [6.45, 7) is 1.35. The Hall–Kier alpha value is -2.10. The standard InChI is InChI=1S/C18H14Cl2F3N3O2S/c1-3-29(27,28)15-7-11(18(21,22)23)8-24-16(15)17-25-9-14(26(17)2)10-4-5-12(19)13(20)6-10/h4-9H,3H2,1-2H3. The van der Waals surface area contributed by atoms with E-state index < -0.39 is 26.5 Å². The van der Waals surface area contributed by atoms with E-state index >= 15 is 0 Å². The van der Waals surface area contributed by atoms with Gasteiger partial charge in [-0.25, -0.2) is 13.4 Å². The number of pyridine rings is 1. The first-order chi connectivity index (χ1) is 13.5. The molecule has 29 heavy (non-hydrogen) atoms. The van der Waals surface area contributed by atoms with Crippen LogP contribution >= 0.6 is 23.2 Å². The average Bonchev–Trinajstić information content (AvgIpc) is 3.04. The molecule has 0 amide bonds. The van der Waals surface area contributed by atoms with Crippen LogP contribution in [0.1, 0.15) is 12.5 Å². The Morgan fingerprint density at radius 3 is 2.34 bits per heavy atom. The highest BCUT2D eigenvalue weighted by atomic mass is 35.5. The Balaban J connectivity index is 2.21. The summed E-state index contributed by atoms with van der Waals surface area (Å²) in [6, 6.07) is 5.48. The van der Waals surface area contributed by atoms with Gasteiger partial charge in [-0.1, -0.05) is 36.2 Å². The Morgan fingerprint density at radius 2 is 1.76 bits per heavy atom. The molecule has 11 heteroatoms. The molecule has 5 nitrogen and oxygen atoms in total. The van der Waals surface area contributed by atoms with Gasteiger partial charge in [-0.2, -0.15) is 13.2 Å². The van der Waals surface area contributed by atoms with Crippen LogP contribution in [0.2, 0.25) is 10.0 Å². The molecule has 0 N–H and O–H groups in total. The zero-order valence-corrected chi connectivity index (χ0v) is 17.5. The van der Waals surface area contributed by atoms with Crippen molar-refractivity contribution in [3.8, 4) is 22.8 Å². The molecule has 154 valence electrons. The zero-order chi connectivity index (χ0) is 21.6. The third-order valence-corrected chi connectivity index (χ3v) is 6.79. The van der Waals surface area contributed by atoms with Gasteiger partial charge < -0.3 is 4.57 Å². The minimum atomic E-state index is -4.73. The summed E-state index contributed by atoms with van der Waals surface area (Å²) in [5.74, 6) is -0.278. The van der Waals surface area contributed by atoms with Gasteiger partial charge in [0.1, 0.15) is 5.69 Å². The Labute approximate surface area is 175 Å². The number of aromatic nitrogens is 3. The Kier molecular flexibility index (Phi) is 5.68. The second-order valence-corrected chi connectivity index (χ2v) is 9.19. The summed E-state index contributed by atoms with van der Waals surface area (Å²) in [5.41, 5.74) is -0.103. The smallest absolute Gasteiger partial charge is 0.326 e. The number of hydrogen-bond donors (Lipinski definition) is 0. The monoisotopic (exact) mass is 463 g/mol. The number of halogens is 5. The van der Waals surface area contributed by atoms with E-state index in [4.69, 9.17) is 23.2 Å². The number of rotatable bonds is 4. The molecule has 0 unspecified atom stereocenters. The maximum Gasteiger partial charge on any atom is 0.417 e. The van der Waals surface area contributed by atoms with Gasteiger partial charge >= 0.3 is 6.18 Å². The lowest BCUT2D eigenvalue weighted by molar-refractivity contribution is -0.138. The molecule has 0 radical (unpaired) electrons. The number of sulfone groups is 1. The van der Waals surface area contributed by atoms with Crippen LogP contribution < -0.4 is 0 Å². The van der Waals surface area contributed by atoms with Gasteiger partial charge in [-0.15, -0.1) is 0 Å². The molecule has 0 bridgehead atoms. The van der Waals surface area contributed by atoms with Crippen molar-refractivity contribution in [1.29, 1.82) is 0 Å². The third-order valence-electron chi connectivity index (χ3n) is 4.31. The molecule has 1 aromatic carbocycles. The van der Waals surface area contributed by atoms with Gasteiger partial charge in [0, 0.05) is 18.8 Å². The molecule has 0 saturated heterocycles. The average molecular weight is 464 g/mol. The Bertz CT molecular complexity index is 1190. The maximum atomic E-state index is 13.1. The predicted molar refractivity (Wildman–Crippen MR) is 105 cm³/mol. The van der Waals surface area contributed by atoms with Crippen molar-refractivity contribution in [3.05, 3.63) is 52.3 Å². The summed E-state index contributed by atoms with van der Waals surface area (Å²) in [4.78, 5) is 7.47. The number of imidazole rings is 1. The van der Waals surface area contributed by atoms with Crippen LogP contribution in [0.5, 0.6) is 0 Å². The lowest BCUT2D eigenvalue weighted by atomic mass is 10.1. The fraction of sp³-hybridized carbons (Fsp3) is 0.222. The molecule has 3 rings (SSSR count). The van der Waals surface area contributed by atoms with Gasteiger partial charge in [0.05, 0.1) is 38.1 Å². The largest absolute Gasteiger partial charge is 0.417 e. The molecule has 0 fully saturated rings. The predicted octanol–water partition coefficient (Wildman–Crippen LogP) is 5.27. The van der Waals surface area contributed by atoms with Gasteiger partial charge in [-0.05, 0) is 18.2 Å². The highest BCUT2D eigenvalue weighted by molar-refractivity contribution is 7.91. The number of benzene rings is 1. The number of alkyl halides is 3. The Morgan fingerprint density at radius 1 is 1.07 bits per heavy atom. The van der Waals surface area contributed by atoms with E-state index in [0.29, 0.717) is 33.6 Å². The lowest BCUT2D eigenvalue weighted by Gasteiger charge is -2.13. The molecule has 3 aromatic rings. The first kappa shape index (κ1) is 21.6. The van der Waals surface area contributed by atoms with Crippen molar-refractivity contribution in [2.24, 2.45) is 7.05 Å². The molecule has 0 atom stereocenters. The SMILES string of the molecule is CCS(=O)(=O)c1cc(C(F)(F)F)cnc1-c1ncc(-c2ccc(Cl)c(Cl)c2)n1C. The first-order valence-corrected chi connectivity index (χ1v) is 10.6. The van der Waals surface area contributed by atoms with E-state index in [1.807, 2.05) is 0 Å². The highest BCUT2D eigenvalue weighted by Crippen LogP contribution is 2.35. The van der Waals surface area contributed by atoms with Gasteiger partial charge in [0.25, 0.3) is 0 Å². The second kappa shape index (κ2) is 7.62. The highest BCUT2D eigenvalue weighted by Gasteiger charge is 2.34. The van der Waals surface area contributed by atoms with E-state index in [1.54, 1.807) is 25.2 Å². The molecular weight excluding hydrogens is 450 g/mol. The third kappa shape index (κ3) is 4.12. The molecule has 2 heterocycles. The summed E-state index contributed by atoms with van der Waals surface area (Å²) < 4.78 is 65.7. The van der Waals surface area contributed by atoms with E-state index in [9.17, 15) is 21.6 Å².